The number of aromatic nitrogens is 1. The second-order valence-corrected chi connectivity index (χ2v) is 13.3. The molecule has 39 heavy (non-hydrogen) atoms. The summed E-state index contributed by atoms with van der Waals surface area (Å²) >= 11 is 1.48. The summed E-state index contributed by atoms with van der Waals surface area (Å²) in [7, 11) is 0. The summed E-state index contributed by atoms with van der Waals surface area (Å²) in [4.78, 5) is 25.4. The molecule has 1 aromatic carbocycles. The Hall–Kier alpha value is -3.18. The van der Waals surface area contributed by atoms with Crippen LogP contribution in [0.4, 0.5) is 4.39 Å². The van der Waals surface area contributed by atoms with E-state index in [0.717, 1.165) is 37.4 Å². The van der Waals surface area contributed by atoms with Crippen LogP contribution in [0.15, 0.2) is 41.5 Å². The number of hydrogen-bond donors (Lipinski definition) is 1. The molecular formula is C31H32FN5OS. The number of amidine groups is 1. The van der Waals surface area contributed by atoms with Gasteiger partial charge in [-0.1, -0.05) is 50.1 Å². The minimum Gasteiger partial charge on any atom is -0.378 e. The molecule has 2 saturated carbocycles. The van der Waals surface area contributed by atoms with Crippen LogP contribution in [-0.4, -0.2) is 38.8 Å². The topological polar surface area (TPSA) is 95.4 Å². The average Bonchev–Trinajstić information content (AvgIpc) is 3.57. The van der Waals surface area contributed by atoms with Gasteiger partial charge >= 0.3 is 0 Å². The number of nitrogens with two attached hydrogens (primary N) is 1. The zero-order valence-corrected chi connectivity index (χ0v) is 22.9. The Morgan fingerprint density at radius 1 is 1.23 bits per heavy atom. The summed E-state index contributed by atoms with van der Waals surface area (Å²) in [6, 6.07) is 11.0. The number of piperidine rings is 1. The number of benzene rings is 1. The van der Waals surface area contributed by atoms with Gasteiger partial charge in [-0.15, -0.1) is 0 Å². The summed E-state index contributed by atoms with van der Waals surface area (Å²) in [5, 5.41) is 9.46. The van der Waals surface area contributed by atoms with Crippen molar-refractivity contribution >= 4 is 34.7 Å². The highest BCUT2D eigenvalue weighted by atomic mass is 32.2. The lowest BCUT2D eigenvalue weighted by Crippen LogP contribution is -2.53. The Labute approximate surface area is 232 Å². The number of amides is 1. The molecule has 2 N–H and O–H groups in total. The molecule has 5 aliphatic rings. The molecule has 0 bridgehead atoms. The molecule has 3 aliphatic carbocycles. The van der Waals surface area contributed by atoms with Gasteiger partial charge in [0.05, 0.1) is 16.8 Å². The van der Waals surface area contributed by atoms with E-state index in [1.54, 1.807) is 6.07 Å². The minimum absolute atomic E-state index is 0.0793. The number of fused-ring (bicyclic) bond motifs is 5. The maximum atomic E-state index is 15.1. The van der Waals surface area contributed by atoms with Crippen LogP contribution < -0.4 is 5.73 Å². The number of aliphatic imine (C=N–C) groups is 1. The Balaban J connectivity index is 1.17. The van der Waals surface area contributed by atoms with Crippen molar-refractivity contribution in [3.8, 4) is 6.07 Å². The molecule has 2 aliphatic heterocycles. The predicted octanol–water partition coefficient (Wildman–Crippen LogP) is 5.28. The summed E-state index contributed by atoms with van der Waals surface area (Å²) < 4.78 is 14.5. The molecule has 6 nitrogen and oxygen atoms in total. The minimum atomic E-state index is -0.561. The van der Waals surface area contributed by atoms with Gasteiger partial charge in [-0.2, -0.15) is 5.26 Å². The first-order chi connectivity index (χ1) is 18.9. The number of halogens is 1. The Bertz CT molecular complexity index is 1460. The van der Waals surface area contributed by atoms with Crippen LogP contribution in [0.2, 0.25) is 0 Å². The van der Waals surface area contributed by atoms with Crippen molar-refractivity contribution in [1.29, 1.82) is 5.26 Å². The number of hydrogen-bond acceptors (Lipinski definition) is 6. The van der Waals surface area contributed by atoms with Crippen LogP contribution in [0.1, 0.15) is 67.0 Å². The molecule has 1 spiro atoms. The van der Waals surface area contributed by atoms with E-state index in [2.05, 4.69) is 16.8 Å². The van der Waals surface area contributed by atoms with E-state index < -0.39 is 16.1 Å². The summed E-state index contributed by atoms with van der Waals surface area (Å²) in [5.41, 5.74) is 9.46. The van der Waals surface area contributed by atoms with Crippen molar-refractivity contribution in [2.75, 3.05) is 13.1 Å². The number of thioether (sulfide) groups is 1. The Morgan fingerprint density at radius 2 is 2.05 bits per heavy atom. The molecule has 0 radical (unpaired) electrons. The van der Waals surface area contributed by atoms with Gasteiger partial charge in [0.25, 0.3) is 0 Å². The lowest BCUT2D eigenvalue weighted by atomic mass is 9.66. The van der Waals surface area contributed by atoms with Gasteiger partial charge in [-0.25, -0.2) is 4.39 Å². The second kappa shape index (κ2) is 8.92. The molecular weight excluding hydrogens is 509 g/mol. The summed E-state index contributed by atoms with van der Waals surface area (Å²) in [5.74, 6) is 1.42. The Morgan fingerprint density at radius 3 is 2.82 bits per heavy atom. The smallest absolute Gasteiger partial charge is 0.239 e. The molecule has 1 amide bonds. The third-order valence-corrected chi connectivity index (χ3v) is 11.5. The number of pyridine rings is 1. The van der Waals surface area contributed by atoms with Crippen molar-refractivity contribution in [1.82, 2.24) is 9.88 Å². The van der Waals surface area contributed by atoms with E-state index in [4.69, 9.17) is 16.0 Å². The van der Waals surface area contributed by atoms with Crippen molar-refractivity contribution in [2.24, 2.45) is 34.4 Å². The first-order valence-corrected chi connectivity index (χ1v) is 14.9. The summed E-state index contributed by atoms with van der Waals surface area (Å²) in [6.07, 6.45) is 9.85. The maximum absolute atomic E-state index is 15.1. The molecule has 3 fully saturated rings. The highest BCUT2D eigenvalue weighted by molar-refractivity contribution is 8.15. The molecule has 200 valence electrons. The van der Waals surface area contributed by atoms with Gasteiger partial charge in [0.2, 0.25) is 5.91 Å². The molecule has 2 aromatic rings. The molecule has 3 heterocycles. The molecule has 6 atom stereocenters. The number of carbonyl (C=O) groups is 1. The first kappa shape index (κ1) is 24.8. The quantitative estimate of drug-likeness (QED) is 0.571. The number of carbonyl (C=O) groups excluding carboxylic acids is 1. The highest BCUT2D eigenvalue weighted by Gasteiger charge is 2.79. The van der Waals surface area contributed by atoms with Crippen LogP contribution in [0.5, 0.6) is 0 Å². The number of likely N-dealkylation sites (tertiary alicyclic amines) is 1. The van der Waals surface area contributed by atoms with Crippen LogP contribution in [-0.2, 0) is 16.8 Å². The molecule has 2 unspecified atom stereocenters. The fourth-order valence-electron chi connectivity index (χ4n) is 8.04. The first-order valence-electron chi connectivity index (χ1n) is 14.1. The monoisotopic (exact) mass is 541 g/mol. The summed E-state index contributed by atoms with van der Waals surface area (Å²) in [6.45, 7) is 3.90. The van der Waals surface area contributed by atoms with Gasteiger partial charge in [0.15, 0.2) is 5.17 Å². The number of nitrogens with zero attached hydrogens (tertiary/aromatic N) is 4. The Kier molecular flexibility index (Phi) is 5.68. The zero-order chi connectivity index (χ0) is 26.9. The van der Waals surface area contributed by atoms with Crippen LogP contribution >= 0.6 is 11.8 Å². The van der Waals surface area contributed by atoms with E-state index in [-0.39, 0.29) is 23.4 Å². The van der Waals surface area contributed by atoms with E-state index in [1.165, 1.54) is 61.3 Å². The SMILES string of the molecule is C[C@H]1C2[C@@]1(C(=O)N1CC[C@@H]3CCCCC3C1)SC(N)=N[C@@]21Cc2ccc(/C=C(\F)c3ccc(C#N)cn3)cc21. The third kappa shape index (κ3) is 3.69. The average molecular weight is 542 g/mol. The van der Waals surface area contributed by atoms with Crippen LogP contribution in [0.3, 0.4) is 0 Å². The van der Waals surface area contributed by atoms with Crippen molar-refractivity contribution < 1.29 is 9.18 Å². The highest BCUT2D eigenvalue weighted by Crippen LogP contribution is 2.73. The standard InChI is InChI=1S/C31H32FN5OS/c1-18-27-30(14-22-8-6-19(12-24(22)30)13-25(32)26-9-7-20(15-33)16-35-26)36-29(34)39-31(18,27)28(38)37-11-10-21-4-2-3-5-23(21)17-37/h6-9,12-13,16,18,21,23,27H,2-5,10-11,14,17H2,1H3,(H2,34,36)/b25-13-/t18-,21-,23?,27?,30+,31-/m0/s1. The van der Waals surface area contributed by atoms with Gasteiger partial charge in [-0.3, -0.25) is 14.8 Å². The van der Waals surface area contributed by atoms with Crippen LogP contribution in [0.25, 0.3) is 11.9 Å². The van der Waals surface area contributed by atoms with E-state index in [1.807, 2.05) is 24.3 Å². The fraction of sp³-hybridized carbons (Fsp3) is 0.484. The van der Waals surface area contributed by atoms with Crippen LogP contribution in [0, 0.1) is 35.0 Å². The second-order valence-electron chi connectivity index (χ2n) is 12.0. The van der Waals surface area contributed by atoms with Crippen molar-refractivity contribution in [3.63, 3.8) is 0 Å². The number of rotatable bonds is 3. The van der Waals surface area contributed by atoms with Gasteiger partial charge in [0, 0.05) is 31.6 Å². The van der Waals surface area contributed by atoms with Crippen molar-refractivity contribution in [2.45, 2.75) is 55.7 Å². The number of nitriles is 1. The zero-order valence-electron chi connectivity index (χ0n) is 22.1. The van der Waals surface area contributed by atoms with E-state index in [9.17, 15) is 4.79 Å². The van der Waals surface area contributed by atoms with Crippen molar-refractivity contribution in [3.05, 3.63) is 64.5 Å². The maximum Gasteiger partial charge on any atom is 0.239 e. The molecule has 8 heteroatoms. The third-order valence-electron chi connectivity index (χ3n) is 10.0. The largest absolute Gasteiger partial charge is 0.378 e. The lowest BCUT2D eigenvalue weighted by molar-refractivity contribution is -0.135. The molecule has 1 saturated heterocycles. The van der Waals surface area contributed by atoms with Gasteiger partial charge in [0.1, 0.15) is 16.6 Å². The molecule has 1 aromatic heterocycles. The van der Waals surface area contributed by atoms with E-state index in [0.29, 0.717) is 22.2 Å². The normalized spacial score (nSPS) is 34.6. The van der Waals surface area contributed by atoms with Gasteiger partial charge in [-0.05, 0) is 71.6 Å². The van der Waals surface area contributed by atoms with E-state index >= 15 is 4.39 Å². The predicted molar refractivity (Wildman–Crippen MR) is 151 cm³/mol. The lowest BCUT2D eigenvalue weighted by Gasteiger charge is -2.46. The fourth-order valence-corrected chi connectivity index (χ4v) is 9.59. The van der Waals surface area contributed by atoms with Gasteiger partial charge < -0.3 is 10.6 Å². The molecule has 7 rings (SSSR count).